The summed E-state index contributed by atoms with van der Waals surface area (Å²) >= 11 is 0. The first kappa shape index (κ1) is 15.3. The first-order chi connectivity index (χ1) is 11.6. The van der Waals surface area contributed by atoms with E-state index in [9.17, 15) is 9.90 Å². The zero-order valence-corrected chi connectivity index (χ0v) is 13.6. The minimum atomic E-state index is -0.738. The standard InChI is InChI=1S/C18H22N4O2/c19-17-12-6-2-3-7-13(12)20-16(21-17)10-22-14-8-4-1-5-11(14)9-15(22)18(23)24/h2-3,6-7,11,14-15H,1,4-5,8-10H2,(H,23,24)(H2,19,20,21). The number of benzene rings is 1. The summed E-state index contributed by atoms with van der Waals surface area (Å²) in [5.41, 5.74) is 6.88. The van der Waals surface area contributed by atoms with Crippen LogP contribution < -0.4 is 5.73 Å². The van der Waals surface area contributed by atoms with Crippen LogP contribution in [-0.2, 0) is 11.3 Å². The van der Waals surface area contributed by atoms with E-state index in [0.29, 0.717) is 30.1 Å². The lowest BCUT2D eigenvalue weighted by molar-refractivity contribution is -0.142. The van der Waals surface area contributed by atoms with Crippen molar-refractivity contribution in [1.29, 1.82) is 0 Å². The quantitative estimate of drug-likeness (QED) is 0.900. The topological polar surface area (TPSA) is 92.3 Å². The molecule has 1 aromatic carbocycles. The highest BCUT2D eigenvalue weighted by atomic mass is 16.4. The van der Waals surface area contributed by atoms with Gasteiger partial charge in [0.05, 0.1) is 12.1 Å². The lowest BCUT2D eigenvalue weighted by Gasteiger charge is -2.32. The third-order valence-electron chi connectivity index (χ3n) is 5.51. The lowest BCUT2D eigenvalue weighted by Crippen LogP contribution is -2.42. The summed E-state index contributed by atoms with van der Waals surface area (Å²) in [5, 5.41) is 10.5. The van der Waals surface area contributed by atoms with Crippen molar-refractivity contribution >= 4 is 22.7 Å². The number of aliphatic carboxylic acids is 1. The Balaban J connectivity index is 1.66. The normalized spacial score (nSPS) is 27.2. The number of rotatable bonds is 3. The molecule has 3 N–H and O–H groups in total. The molecule has 3 unspecified atom stereocenters. The van der Waals surface area contributed by atoms with Gasteiger partial charge in [0.15, 0.2) is 0 Å². The predicted octanol–water partition coefficient (Wildman–Crippen LogP) is 2.43. The Hall–Kier alpha value is -2.21. The van der Waals surface area contributed by atoms with Crippen LogP contribution in [0.15, 0.2) is 24.3 Å². The summed E-state index contributed by atoms with van der Waals surface area (Å²) in [4.78, 5) is 22.8. The number of likely N-dealkylation sites (tertiary alicyclic amines) is 1. The molecule has 1 aromatic heterocycles. The molecule has 1 aliphatic heterocycles. The van der Waals surface area contributed by atoms with Gasteiger partial charge in [0.1, 0.15) is 17.7 Å². The highest BCUT2D eigenvalue weighted by Crippen LogP contribution is 2.40. The van der Waals surface area contributed by atoms with Crippen molar-refractivity contribution in [2.24, 2.45) is 5.92 Å². The molecule has 2 heterocycles. The molecule has 2 fully saturated rings. The van der Waals surface area contributed by atoms with Crippen LogP contribution in [0.25, 0.3) is 10.9 Å². The fraction of sp³-hybridized carbons (Fsp3) is 0.500. The zero-order chi connectivity index (χ0) is 16.7. The SMILES string of the molecule is Nc1nc(CN2C(C(=O)O)CC3CCCCC32)nc2ccccc12. The second-order valence-corrected chi connectivity index (χ2v) is 6.92. The number of aromatic nitrogens is 2. The molecule has 126 valence electrons. The third kappa shape index (κ3) is 2.60. The Labute approximate surface area is 140 Å². The summed E-state index contributed by atoms with van der Waals surface area (Å²) in [7, 11) is 0. The Kier molecular flexibility index (Phi) is 3.84. The van der Waals surface area contributed by atoms with Crippen LogP contribution in [0.4, 0.5) is 5.82 Å². The van der Waals surface area contributed by atoms with E-state index >= 15 is 0 Å². The van der Waals surface area contributed by atoms with Crippen LogP contribution >= 0.6 is 0 Å². The van der Waals surface area contributed by atoms with E-state index in [2.05, 4.69) is 14.9 Å². The Morgan fingerprint density at radius 3 is 2.88 bits per heavy atom. The van der Waals surface area contributed by atoms with Crippen molar-refractivity contribution in [3.63, 3.8) is 0 Å². The molecule has 1 saturated carbocycles. The third-order valence-corrected chi connectivity index (χ3v) is 5.51. The summed E-state index contributed by atoms with van der Waals surface area (Å²) in [5.74, 6) is 0.821. The highest BCUT2D eigenvalue weighted by molar-refractivity contribution is 5.87. The van der Waals surface area contributed by atoms with Gasteiger partial charge in [-0.15, -0.1) is 0 Å². The van der Waals surface area contributed by atoms with Crippen molar-refractivity contribution in [3.8, 4) is 0 Å². The molecular weight excluding hydrogens is 304 g/mol. The number of fused-ring (bicyclic) bond motifs is 2. The number of carboxylic acid groups (broad SMARTS) is 1. The smallest absolute Gasteiger partial charge is 0.320 e. The van der Waals surface area contributed by atoms with Gasteiger partial charge < -0.3 is 10.8 Å². The van der Waals surface area contributed by atoms with Gasteiger partial charge in [-0.3, -0.25) is 9.69 Å². The molecule has 0 radical (unpaired) electrons. The number of nitrogens with two attached hydrogens (primary N) is 1. The number of nitrogen functional groups attached to an aromatic ring is 1. The maximum Gasteiger partial charge on any atom is 0.320 e. The molecule has 0 bridgehead atoms. The van der Waals surface area contributed by atoms with Gasteiger partial charge in [0, 0.05) is 11.4 Å². The van der Waals surface area contributed by atoms with Gasteiger partial charge in [-0.25, -0.2) is 9.97 Å². The van der Waals surface area contributed by atoms with Crippen LogP contribution in [0.1, 0.15) is 37.9 Å². The second kappa shape index (κ2) is 6.02. The predicted molar refractivity (Wildman–Crippen MR) is 91.3 cm³/mol. The van der Waals surface area contributed by atoms with Gasteiger partial charge >= 0.3 is 5.97 Å². The lowest BCUT2D eigenvalue weighted by atomic mass is 9.85. The van der Waals surface area contributed by atoms with Gasteiger partial charge in [0.2, 0.25) is 0 Å². The average Bonchev–Trinajstić information content (AvgIpc) is 2.94. The fourth-order valence-electron chi connectivity index (χ4n) is 4.41. The van der Waals surface area contributed by atoms with Crippen molar-refractivity contribution in [2.45, 2.75) is 50.7 Å². The fourth-order valence-corrected chi connectivity index (χ4v) is 4.41. The van der Waals surface area contributed by atoms with E-state index in [4.69, 9.17) is 5.73 Å². The molecule has 0 amide bonds. The monoisotopic (exact) mass is 326 g/mol. The molecule has 6 nitrogen and oxygen atoms in total. The molecular formula is C18H22N4O2. The largest absolute Gasteiger partial charge is 0.480 e. The molecule has 1 aliphatic carbocycles. The Morgan fingerprint density at radius 2 is 2.04 bits per heavy atom. The zero-order valence-electron chi connectivity index (χ0n) is 13.6. The summed E-state index contributed by atoms with van der Waals surface area (Å²) in [6.07, 6.45) is 5.32. The van der Waals surface area contributed by atoms with E-state index in [1.165, 1.54) is 12.8 Å². The number of hydrogen-bond acceptors (Lipinski definition) is 5. The van der Waals surface area contributed by atoms with E-state index < -0.39 is 12.0 Å². The minimum absolute atomic E-state index is 0.330. The molecule has 0 spiro atoms. The number of carbonyl (C=O) groups is 1. The molecule has 24 heavy (non-hydrogen) atoms. The molecule has 1 saturated heterocycles. The van der Waals surface area contributed by atoms with Gasteiger partial charge in [0.25, 0.3) is 0 Å². The number of para-hydroxylation sites is 1. The Morgan fingerprint density at radius 1 is 1.25 bits per heavy atom. The van der Waals surface area contributed by atoms with E-state index in [0.717, 1.165) is 30.2 Å². The molecule has 2 aromatic rings. The number of carboxylic acids is 1. The first-order valence-electron chi connectivity index (χ1n) is 8.63. The van der Waals surface area contributed by atoms with Crippen LogP contribution in [-0.4, -0.2) is 38.0 Å². The summed E-state index contributed by atoms with van der Waals surface area (Å²) in [6.45, 7) is 0.452. The van der Waals surface area contributed by atoms with Crippen LogP contribution in [0.5, 0.6) is 0 Å². The maximum atomic E-state index is 11.7. The Bertz CT molecular complexity index is 779. The molecule has 6 heteroatoms. The van der Waals surface area contributed by atoms with Crippen molar-refractivity contribution in [3.05, 3.63) is 30.1 Å². The van der Waals surface area contributed by atoms with Crippen molar-refractivity contribution in [1.82, 2.24) is 14.9 Å². The van der Waals surface area contributed by atoms with Gasteiger partial charge in [-0.05, 0) is 37.3 Å². The summed E-state index contributed by atoms with van der Waals surface area (Å²) in [6, 6.07) is 7.55. The van der Waals surface area contributed by atoms with Gasteiger partial charge in [-0.1, -0.05) is 25.0 Å². The van der Waals surface area contributed by atoms with Crippen LogP contribution in [0, 0.1) is 5.92 Å². The van der Waals surface area contributed by atoms with Gasteiger partial charge in [-0.2, -0.15) is 0 Å². The number of anilines is 1. The van der Waals surface area contributed by atoms with Crippen molar-refractivity contribution < 1.29 is 9.90 Å². The number of hydrogen-bond donors (Lipinski definition) is 2. The van der Waals surface area contributed by atoms with E-state index in [-0.39, 0.29) is 0 Å². The molecule has 3 atom stereocenters. The van der Waals surface area contributed by atoms with Crippen LogP contribution in [0.2, 0.25) is 0 Å². The molecule has 2 aliphatic rings. The summed E-state index contributed by atoms with van der Waals surface area (Å²) < 4.78 is 0. The highest BCUT2D eigenvalue weighted by Gasteiger charge is 2.45. The van der Waals surface area contributed by atoms with E-state index in [1.807, 2.05) is 24.3 Å². The average molecular weight is 326 g/mol. The second-order valence-electron chi connectivity index (χ2n) is 6.92. The van der Waals surface area contributed by atoms with Crippen LogP contribution in [0.3, 0.4) is 0 Å². The molecule has 4 rings (SSSR count). The minimum Gasteiger partial charge on any atom is -0.480 e. The first-order valence-corrected chi connectivity index (χ1v) is 8.63. The van der Waals surface area contributed by atoms with E-state index in [1.54, 1.807) is 0 Å². The van der Waals surface area contributed by atoms with Crippen molar-refractivity contribution in [2.75, 3.05) is 5.73 Å². The number of nitrogens with zero attached hydrogens (tertiary/aromatic N) is 3. The maximum absolute atomic E-state index is 11.7.